The Morgan fingerprint density at radius 3 is 2.76 bits per heavy atom. The van der Waals surface area contributed by atoms with Gasteiger partial charge in [0.15, 0.2) is 9.84 Å². The first kappa shape index (κ1) is 15.3. The molecule has 0 atom stereocenters. The van der Waals surface area contributed by atoms with Gasteiger partial charge in [0.05, 0.1) is 35.1 Å². The number of hydrogen-bond donors (Lipinski definition) is 0. The second-order valence-corrected chi connectivity index (χ2v) is 6.88. The van der Waals surface area contributed by atoms with E-state index in [0.29, 0.717) is 18.7 Å². The molecule has 0 N–H and O–H groups in total. The van der Waals surface area contributed by atoms with Gasteiger partial charge in [-0.05, 0) is 37.4 Å². The molecule has 6 heteroatoms. The largest absolute Gasteiger partial charge is 0.468 e. The van der Waals surface area contributed by atoms with E-state index in [1.807, 2.05) is 24.1 Å². The second-order valence-electron chi connectivity index (χ2n) is 4.78. The normalized spacial score (nSPS) is 11.5. The molecule has 5 nitrogen and oxygen atoms in total. The summed E-state index contributed by atoms with van der Waals surface area (Å²) in [5.74, 6) is 0.792. The van der Waals surface area contributed by atoms with E-state index in [-0.39, 0.29) is 10.6 Å². The van der Waals surface area contributed by atoms with Crippen LogP contribution in [0.15, 0.2) is 52.0 Å². The minimum absolute atomic E-state index is 0.000902. The molecule has 0 amide bonds. The summed E-state index contributed by atoms with van der Waals surface area (Å²) in [6.07, 6.45) is 1.59. The number of nitrogens with zero attached hydrogens (tertiary/aromatic N) is 2. The van der Waals surface area contributed by atoms with Crippen LogP contribution >= 0.6 is 0 Å². The molecule has 0 spiro atoms. The summed E-state index contributed by atoms with van der Waals surface area (Å²) in [7, 11) is -1.55. The van der Waals surface area contributed by atoms with E-state index in [9.17, 15) is 8.42 Å². The molecular weight excluding hydrogens is 288 g/mol. The zero-order valence-electron chi connectivity index (χ0n) is 11.7. The van der Waals surface area contributed by atoms with Gasteiger partial charge in [0, 0.05) is 6.54 Å². The zero-order chi connectivity index (χ0) is 15.3. The van der Waals surface area contributed by atoms with Crippen molar-refractivity contribution in [2.45, 2.75) is 11.4 Å². The van der Waals surface area contributed by atoms with Gasteiger partial charge in [0.25, 0.3) is 0 Å². The Morgan fingerprint density at radius 2 is 2.10 bits per heavy atom. The van der Waals surface area contributed by atoms with Crippen LogP contribution in [0.2, 0.25) is 0 Å². The first-order chi connectivity index (χ1) is 10.0. The van der Waals surface area contributed by atoms with Gasteiger partial charge in [0.2, 0.25) is 0 Å². The third kappa shape index (κ3) is 4.18. The summed E-state index contributed by atoms with van der Waals surface area (Å²) in [6.45, 7) is 0.945. The van der Waals surface area contributed by atoms with Gasteiger partial charge < -0.3 is 4.42 Å². The van der Waals surface area contributed by atoms with Crippen LogP contribution < -0.4 is 0 Å². The maximum atomic E-state index is 12.2. The predicted molar refractivity (Wildman–Crippen MR) is 78.3 cm³/mol. The Hall–Kier alpha value is -2.10. The SMILES string of the molecule is CN(CCS(=O)(=O)c1cccc(C#N)c1)Cc1ccco1. The van der Waals surface area contributed by atoms with Gasteiger partial charge in [-0.1, -0.05) is 6.07 Å². The van der Waals surface area contributed by atoms with Crippen LogP contribution in [0.3, 0.4) is 0 Å². The number of hydrogen-bond acceptors (Lipinski definition) is 5. The molecule has 0 bridgehead atoms. The van der Waals surface area contributed by atoms with Crippen molar-refractivity contribution in [1.29, 1.82) is 5.26 Å². The van der Waals surface area contributed by atoms with Crippen molar-refractivity contribution in [3.05, 3.63) is 54.0 Å². The van der Waals surface area contributed by atoms with Gasteiger partial charge in [-0.3, -0.25) is 4.90 Å². The van der Waals surface area contributed by atoms with Crippen LogP contribution in [-0.4, -0.2) is 32.7 Å². The maximum absolute atomic E-state index is 12.2. The van der Waals surface area contributed by atoms with E-state index in [4.69, 9.17) is 9.68 Å². The van der Waals surface area contributed by atoms with Crippen molar-refractivity contribution in [3.8, 4) is 6.07 Å². The second kappa shape index (κ2) is 6.57. The van der Waals surface area contributed by atoms with E-state index in [1.54, 1.807) is 24.5 Å². The minimum atomic E-state index is -3.39. The third-order valence-electron chi connectivity index (χ3n) is 3.07. The van der Waals surface area contributed by atoms with Crippen molar-refractivity contribution >= 4 is 9.84 Å². The van der Waals surface area contributed by atoms with Crippen LogP contribution in [0.5, 0.6) is 0 Å². The molecule has 2 aromatic rings. The lowest BCUT2D eigenvalue weighted by atomic mass is 10.2. The highest BCUT2D eigenvalue weighted by molar-refractivity contribution is 7.91. The summed E-state index contributed by atoms with van der Waals surface area (Å²) in [6, 6.07) is 11.7. The van der Waals surface area contributed by atoms with Crippen LogP contribution in [-0.2, 0) is 16.4 Å². The molecule has 110 valence electrons. The molecule has 0 radical (unpaired) electrons. The number of nitriles is 1. The number of sulfone groups is 1. The lowest BCUT2D eigenvalue weighted by Gasteiger charge is -2.15. The van der Waals surface area contributed by atoms with E-state index in [1.165, 1.54) is 12.1 Å². The fraction of sp³-hybridized carbons (Fsp3) is 0.267. The number of benzene rings is 1. The van der Waals surface area contributed by atoms with Crippen molar-refractivity contribution in [1.82, 2.24) is 4.90 Å². The molecular formula is C15H16N2O3S. The monoisotopic (exact) mass is 304 g/mol. The summed E-state index contributed by atoms with van der Waals surface area (Å²) in [5.41, 5.74) is 0.347. The smallest absolute Gasteiger partial charge is 0.179 e. The Bertz CT molecular complexity index is 731. The Kier molecular flexibility index (Phi) is 4.78. The van der Waals surface area contributed by atoms with E-state index in [0.717, 1.165) is 5.76 Å². The average Bonchev–Trinajstić information content (AvgIpc) is 2.98. The summed E-state index contributed by atoms with van der Waals surface area (Å²) in [4.78, 5) is 2.07. The average molecular weight is 304 g/mol. The zero-order valence-corrected chi connectivity index (χ0v) is 12.5. The molecule has 0 unspecified atom stereocenters. The van der Waals surface area contributed by atoms with Gasteiger partial charge in [-0.25, -0.2) is 8.42 Å². The van der Waals surface area contributed by atoms with Crippen molar-refractivity contribution in [2.75, 3.05) is 19.3 Å². The first-order valence-corrected chi connectivity index (χ1v) is 8.10. The van der Waals surface area contributed by atoms with Crippen LogP contribution in [0, 0.1) is 11.3 Å². The molecule has 1 heterocycles. The molecule has 21 heavy (non-hydrogen) atoms. The summed E-state index contributed by atoms with van der Waals surface area (Å²) in [5, 5.41) is 8.83. The van der Waals surface area contributed by atoms with Gasteiger partial charge >= 0.3 is 0 Å². The van der Waals surface area contributed by atoms with Crippen LogP contribution in [0.25, 0.3) is 0 Å². The van der Waals surface area contributed by atoms with Gasteiger partial charge in [-0.15, -0.1) is 0 Å². The summed E-state index contributed by atoms with van der Waals surface area (Å²) >= 11 is 0. The fourth-order valence-corrected chi connectivity index (χ4v) is 3.28. The lowest BCUT2D eigenvalue weighted by Crippen LogP contribution is -2.25. The topological polar surface area (TPSA) is 74.3 Å². The minimum Gasteiger partial charge on any atom is -0.468 e. The molecule has 1 aromatic heterocycles. The van der Waals surface area contributed by atoms with Gasteiger partial charge in [0.1, 0.15) is 5.76 Å². The maximum Gasteiger partial charge on any atom is 0.179 e. The molecule has 1 aromatic carbocycles. The fourth-order valence-electron chi connectivity index (χ4n) is 1.90. The quantitative estimate of drug-likeness (QED) is 0.816. The standard InChI is InChI=1S/C15H16N2O3S/c1-17(12-14-5-3-8-20-14)7-9-21(18,19)15-6-2-4-13(10-15)11-16/h2-6,8,10H,7,9,12H2,1H3. The van der Waals surface area contributed by atoms with Crippen LogP contribution in [0.4, 0.5) is 0 Å². The molecule has 0 aliphatic carbocycles. The predicted octanol–water partition coefficient (Wildman–Crippen LogP) is 2.06. The summed E-state index contributed by atoms with van der Waals surface area (Å²) < 4.78 is 29.7. The van der Waals surface area contributed by atoms with Crippen LogP contribution in [0.1, 0.15) is 11.3 Å². The molecule has 0 saturated heterocycles. The van der Waals surface area contributed by atoms with E-state index < -0.39 is 9.84 Å². The highest BCUT2D eigenvalue weighted by Crippen LogP contribution is 2.13. The Labute approximate surface area is 124 Å². The lowest BCUT2D eigenvalue weighted by molar-refractivity contribution is 0.310. The van der Waals surface area contributed by atoms with Crippen molar-refractivity contribution in [3.63, 3.8) is 0 Å². The molecule has 0 fully saturated rings. The van der Waals surface area contributed by atoms with Gasteiger partial charge in [-0.2, -0.15) is 5.26 Å². The van der Waals surface area contributed by atoms with E-state index >= 15 is 0 Å². The third-order valence-corrected chi connectivity index (χ3v) is 4.76. The van der Waals surface area contributed by atoms with Crippen molar-refractivity contribution < 1.29 is 12.8 Å². The van der Waals surface area contributed by atoms with E-state index in [2.05, 4.69) is 0 Å². The Balaban J connectivity index is 1.99. The molecule has 0 saturated carbocycles. The van der Waals surface area contributed by atoms with Crippen molar-refractivity contribution in [2.24, 2.45) is 0 Å². The molecule has 0 aliphatic rings. The molecule has 2 rings (SSSR count). The Morgan fingerprint density at radius 1 is 1.29 bits per heavy atom. The number of rotatable bonds is 6. The number of furan rings is 1. The highest BCUT2D eigenvalue weighted by atomic mass is 32.2. The highest BCUT2D eigenvalue weighted by Gasteiger charge is 2.16. The molecule has 0 aliphatic heterocycles. The first-order valence-electron chi connectivity index (χ1n) is 6.45.